The molecule has 0 saturated carbocycles. The van der Waals surface area contributed by atoms with Crippen molar-refractivity contribution in [3.8, 4) is 22.9 Å². The average Bonchev–Trinajstić information content (AvgIpc) is 3.33. The summed E-state index contributed by atoms with van der Waals surface area (Å²) in [7, 11) is 0. The smallest absolute Gasteiger partial charge is 0.277 e. The maximum absolute atomic E-state index is 6.16. The first-order valence-corrected chi connectivity index (χ1v) is 9.10. The summed E-state index contributed by atoms with van der Waals surface area (Å²) in [6.07, 6.45) is 0. The molecule has 4 rings (SSSR count). The zero-order valence-electron chi connectivity index (χ0n) is 13.7. The van der Waals surface area contributed by atoms with Crippen molar-refractivity contribution in [2.75, 3.05) is 0 Å². The van der Waals surface area contributed by atoms with Crippen molar-refractivity contribution in [1.82, 2.24) is 20.3 Å². The molecule has 0 aliphatic rings. The predicted molar refractivity (Wildman–Crippen MR) is 98.8 cm³/mol. The van der Waals surface area contributed by atoms with Crippen molar-refractivity contribution in [3.63, 3.8) is 0 Å². The average molecular weight is 385 g/mol. The molecule has 0 aliphatic heterocycles. The number of hydrogen-bond donors (Lipinski definition) is 0. The molecule has 0 unspecified atom stereocenters. The van der Waals surface area contributed by atoms with Crippen LogP contribution in [0.4, 0.5) is 0 Å². The van der Waals surface area contributed by atoms with E-state index >= 15 is 0 Å². The van der Waals surface area contributed by atoms with E-state index in [1.54, 1.807) is 6.07 Å². The van der Waals surface area contributed by atoms with Crippen molar-refractivity contribution < 1.29 is 8.94 Å². The van der Waals surface area contributed by atoms with Gasteiger partial charge in [-0.1, -0.05) is 58.9 Å². The zero-order chi connectivity index (χ0) is 17.9. The molecule has 2 heterocycles. The monoisotopic (exact) mass is 384 g/mol. The van der Waals surface area contributed by atoms with E-state index in [1.807, 2.05) is 55.5 Å². The summed E-state index contributed by atoms with van der Waals surface area (Å²) in [6, 6.07) is 16.9. The summed E-state index contributed by atoms with van der Waals surface area (Å²) in [4.78, 5) is 4.45. The van der Waals surface area contributed by atoms with Crippen LogP contribution < -0.4 is 0 Å². The minimum absolute atomic E-state index is 0.115. The molecule has 2 aromatic heterocycles. The van der Waals surface area contributed by atoms with Crippen molar-refractivity contribution in [3.05, 3.63) is 65.4 Å². The molecule has 0 saturated heterocycles. The van der Waals surface area contributed by atoms with Crippen LogP contribution in [-0.2, 0) is 0 Å². The van der Waals surface area contributed by atoms with E-state index in [-0.39, 0.29) is 5.25 Å². The molecule has 8 heteroatoms. The largest absolute Gasteiger partial charge is 0.411 e. The lowest BCUT2D eigenvalue weighted by Gasteiger charge is -2.01. The van der Waals surface area contributed by atoms with Gasteiger partial charge in [0, 0.05) is 5.56 Å². The van der Waals surface area contributed by atoms with E-state index in [0.717, 1.165) is 5.56 Å². The van der Waals surface area contributed by atoms with Gasteiger partial charge in [-0.25, -0.2) is 0 Å². The molecule has 130 valence electrons. The molecular formula is C18H13ClN4O2S. The molecule has 4 aromatic rings. The summed E-state index contributed by atoms with van der Waals surface area (Å²) in [5.41, 5.74) is 1.58. The lowest BCUT2D eigenvalue weighted by atomic mass is 10.2. The molecule has 0 aliphatic carbocycles. The first-order chi connectivity index (χ1) is 12.7. The van der Waals surface area contributed by atoms with E-state index in [0.29, 0.717) is 33.4 Å². The highest BCUT2D eigenvalue weighted by atomic mass is 35.5. The number of benzene rings is 2. The van der Waals surface area contributed by atoms with Crippen molar-refractivity contribution in [2.45, 2.75) is 17.4 Å². The summed E-state index contributed by atoms with van der Waals surface area (Å²) in [5.74, 6) is 1.42. The fraction of sp³-hybridized carbons (Fsp3) is 0.111. The molecule has 2 aromatic carbocycles. The van der Waals surface area contributed by atoms with Crippen LogP contribution in [0.2, 0.25) is 5.02 Å². The standard InChI is InChI=1S/C18H13ClN4O2S/c1-11(15-20-16(25-23-15)12-7-3-2-4-8-12)26-18-22-21-17(24-18)13-9-5-6-10-14(13)19/h2-11H,1H3/t11-/m0/s1. The van der Waals surface area contributed by atoms with E-state index in [9.17, 15) is 0 Å². The van der Waals surface area contributed by atoms with Crippen LogP contribution in [-0.4, -0.2) is 20.3 Å². The van der Waals surface area contributed by atoms with Gasteiger partial charge in [0.15, 0.2) is 5.82 Å². The minimum Gasteiger partial charge on any atom is -0.411 e. The molecule has 6 nitrogen and oxygen atoms in total. The third-order valence-corrected chi connectivity index (χ3v) is 4.87. The topological polar surface area (TPSA) is 77.8 Å². The fourth-order valence-corrected chi connectivity index (χ4v) is 3.24. The van der Waals surface area contributed by atoms with Crippen molar-refractivity contribution in [1.29, 1.82) is 0 Å². The molecular weight excluding hydrogens is 372 g/mol. The van der Waals surface area contributed by atoms with E-state index in [1.165, 1.54) is 11.8 Å². The Bertz CT molecular complexity index is 1020. The molecule has 0 radical (unpaired) electrons. The molecule has 26 heavy (non-hydrogen) atoms. The highest BCUT2D eigenvalue weighted by Crippen LogP contribution is 2.35. The van der Waals surface area contributed by atoms with Crippen LogP contribution in [0.15, 0.2) is 68.8 Å². The van der Waals surface area contributed by atoms with Gasteiger partial charge in [0.2, 0.25) is 5.89 Å². The minimum atomic E-state index is -0.115. The third kappa shape index (κ3) is 3.49. The molecule has 0 fully saturated rings. The third-order valence-electron chi connectivity index (χ3n) is 3.61. The quantitative estimate of drug-likeness (QED) is 0.432. The van der Waals surface area contributed by atoms with Crippen molar-refractivity contribution in [2.24, 2.45) is 0 Å². The van der Waals surface area contributed by atoms with Crippen LogP contribution in [0.25, 0.3) is 22.9 Å². The second kappa shape index (κ2) is 7.31. The Labute approximate surface area is 158 Å². The van der Waals surface area contributed by atoms with E-state index in [4.69, 9.17) is 20.5 Å². The number of aromatic nitrogens is 4. The predicted octanol–water partition coefficient (Wildman–Crippen LogP) is 5.29. The zero-order valence-corrected chi connectivity index (χ0v) is 15.2. The van der Waals surface area contributed by atoms with E-state index in [2.05, 4.69) is 20.3 Å². The lowest BCUT2D eigenvalue weighted by molar-refractivity contribution is 0.422. The summed E-state index contributed by atoms with van der Waals surface area (Å²) < 4.78 is 11.0. The second-order valence-corrected chi connectivity index (χ2v) is 7.14. The van der Waals surface area contributed by atoms with Crippen LogP contribution in [0.1, 0.15) is 18.0 Å². The maximum atomic E-state index is 6.16. The molecule has 0 bridgehead atoms. The van der Waals surface area contributed by atoms with Gasteiger partial charge in [-0.2, -0.15) is 4.98 Å². The van der Waals surface area contributed by atoms with Gasteiger partial charge >= 0.3 is 0 Å². The number of halogens is 1. The van der Waals surface area contributed by atoms with Gasteiger partial charge in [-0.15, -0.1) is 10.2 Å². The second-order valence-electron chi connectivity index (χ2n) is 5.44. The Balaban J connectivity index is 1.50. The highest BCUT2D eigenvalue weighted by Gasteiger charge is 2.20. The van der Waals surface area contributed by atoms with Gasteiger partial charge in [0.05, 0.1) is 15.8 Å². The van der Waals surface area contributed by atoms with Gasteiger partial charge in [0.25, 0.3) is 11.1 Å². The number of rotatable bonds is 5. The summed E-state index contributed by atoms with van der Waals surface area (Å²) in [5, 5.41) is 13.0. The SMILES string of the molecule is C[C@H](Sc1nnc(-c2ccccc2Cl)o1)c1noc(-c2ccccc2)n1. The van der Waals surface area contributed by atoms with Crippen LogP contribution >= 0.6 is 23.4 Å². The van der Waals surface area contributed by atoms with E-state index < -0.39 is 0 Å². The first-order valence-electron chi connectivity index (χ1n) is 7.85. The molecule has 1 atom stereocenters. The van der Waals surface area contributed by atoms with Gasteiger partial charge in [-0.05, 0) is 31.2 Å². The van der Waals surface area contributed by atoms with Crippen LogP contribution in [0.3, 0.4) is 0 Å². The van der Waals surface area contributed by atoms with Crippen LogP contribution in [0, 0.1) is 0 Å². The van der Waals surface area contributed by atoms with Crippen molar-refractivity contribution >= 4 is 23.4 Å². The summed E-state index contributed by atoms with van der Waals surface area (Å²) in [6.45, 7) is 1.95. The highest BCUT2D eigenvalue weighted by molar-refractivity contribution is 7.99. The Morgan fingerprint density at radius 1 is 0.962 bits per heavy atom. The Morgan fingerprint density at radius 2 is 1.73 bits per heavy atom. The van der Waals surface area contributed by atoms with Gasteiger partial charge in [-0.3, -0.25) is 0 Å². The molecule has 0 amide bonds. The fourth-order valence-electron chi connectivity index (χ4n) is 2.30. The Kier molecular flexibility index (Phi) is 4.73. The van der Waals surface area contributed by atoms with Gasteiger partial charge in [0.1, 0.15) is 0 Å². The number of hydrogen-bond acceptors (Lipinski definition) is 7. The van der Waals surface area contributed by atoms with Gasteiger partial charge < -0.3 is 8.94 Å². The Morgan fingerprint density at radius 3 is 2.54 bits per heavy atom. The lowest BCUT2D eigenvalue weighted by Crippen LogP contribution is -1.91. The maximum Gasteiger partial charge on any atom is 0.277 e. The normalized spacial score (nSPS) is 12.2. The molecule has 0 spiro atoms. The summed E-state index contributed by atoms with van der Waals surface area (Å²) >= 11 is 7.52. The number of nitrogens with zero attached hydrogens (tertiary/aromatic N) is 4. The Hall–Kier alpha value is -2.64. The first kappa shape index (κ1) is 16.8. The van der Waals surface area contributed by atoms with Crippen LogP contribution in [0.5, 0.6) is 0 Å². The number of thioether (sulfide) groups is 1. The molecule has 0 N–H and O–H groups in total.